The Morgan fingerprint density at radius 3 is 3.15 bits per heavy atom. The molecule has 1 amide bonds. The van der Waals surface area contributed by atoms with Gasteiger partial charge in [-0.1, -0.05) is 23.9 Å². The van der Waals surface area contributed by atoms with Gasteiger partial charge in [0.25, 0.3) is 5.56 Å². The molecular formula is C19H21N3O3S. The van der Waals surface area contributed by atoms with Crippen molar-refractivity contribution in [2.75, 3.05) is 12.9 Å². The van der Waals surface area contributed by atoms with Crippen molar-refractivity contribution in [2.24, 2.45) is 0 Å². The summed E-state index contributed by atoms with van der Waals surface area (Å²) in [6, 6.07) is 7.50. The summed E-state index contributed by atoms with van der Waals surface area (Å²) in [6.07, 6.45) is 2.99. The zero-order valence-electron chi connectivity index (χ0n) is 14.7. The summed E-state index contributed by atoms with van der Waals surface area (Å²) >= 11 is 1.57. The molecule has 6 nitrogen and oxygen atoms in total. The van der Waals surface area contributed by atoms with Crippen LogP contribution in [0, 0.1) is 0 Å². The number of aromatic nitrogens is 2. The van der Waals surface area contributed by atoms with Crippen molar-refractivity contribution in [1.82, 2.24) is 14.9 Å². The maximum atomic E-state index is 12.8. The quantitative estimate of drug-likeness (QED) is 0.815. The lowest BCUT2D eigenvalue weighted by atomic mass is 10.2. The zero-order chi connectivity index (χ0) is 18.1. The van der Waals surface area contributed by atoms with Crippen LogP contribution in [0.5, 0.6) is 5.75 Å². The second-order valence-corrected chi connectivity index (χ2v) is 7.63. The predicted octanol–water partition coefficient (Wildman–Crippen LogP) is 2.09. The van der Waals surface area contributed by atoms with Crippen LogP contribution in [-0.4, -0.2) is 28.3 Å². The third-order valence-corrected chi connectivity index (χ3v) is 6.01. The first-order chi connectivity index (χ1) is 12.7. The van der Waals surface area contributed by atoms with Crippen molar-refractivity contribution in [1.29, 1.82) is 0 Å². The fourth-order valence-electron chi connectivity index (χ4n) is 3.57. The van der Waals surface area contributed by atoms with Gasteiger partial charge in [0.2, 0.25) is 5.91 Å². The van der Waals surface area contributed by atoms with Gasteiger partial charge in [0, 0.05) is 24.3 Å². The number of ether oxygens (including phenoxy) is 1. The molecule has 1 aromatic heterocycles. The molecule has 1 aliphatic heterocycles. The number of benzene rings is 1. The number of aryl methyl sites for hydroxylation is 1. The number of thioether (sulfide) groups is 1. The van der Waals surface area contributed by atoms with E-state index in [1.807, 2.05) is 24.3 Å². The highest BCUT2D eigenvalue weighted by molar-refractivity contribution is 7.99. The molecule has 2 heterocycles. The molecule has 0 fully saturated rings. The zero-order valence-corrected chi connectivity index (χ0v) is 15.5. The van der Waals surface area contributed by atoms with Crippen molar-refractivity contribution in [2.45, 2.75) is 43.4 Å². The minimum absolute atomic E-state index is 0.0538. The highest BCUT2D eigenvalue weighted by Gasteiger charge is 2.30. The maximum absolute atomic E-state index is 12.8. The van der Waals surface area contributed by atoms with Gasteiger partial charge in [0.1, 0.15) is 5.75 Å². The Morgan fingerprint density at radius 1 is 1.42 bits per heavy atom. The number of carbonyl (C=O) groups is 1. The first-order valence-electron chi connectivity index (χ1n) is 8.82. The predicted molar refractivity (Wildman–Crippen MR) is 99.7 cm³/mol. The molecule has 1 N–H and O–H groups in total. The summed E-state index contributed by atoms with van der Waals surface area (Å²) < 4.78 is 6.93. The van der Waals surface area contributed by atoms with E-state index in [0.29, 0.717) is 13.0 Å². The molecule has 1 atom stereocenters. The van der Waals surface area contributed by atoms with E-state index in [2.05, 4.69) is 10.3 Å². The molecule has 26 heavy (non-hydrogen) atoms. The number of hydrogen-bond acceptors (Lipinski definition) is 5. The molecule has 7 heteroatoms. The third-order valence-electron chi connectivity index (χ3n) is 4.92. The van der Waals surface area contributed by atoms with Gasteiger partial charge in [-0.25, -0.2) is 4.98 Å². The molecule has 0 bridgehead atoms. The Kier molecular flexibility index (Phi) is 4.72. The third kappa shape index (κ3) is 3.23. The Morgan fingerprint density at radius 2 is 2.31 bits per heavy atom. The average molecular weight is 371 g/mol. The van der Waals surface area contributed by atoms with E-state index >= 15 is 0 Å². The molecule has 0 saturated heterocycles. The lowest BCUT2D eigenvalue weighted by Crippen LogP contribution is -2.32. The van der Waals surface area contributed by atoms with Crippen LogP contribution < -0.4 is 15.6 Å². The molecule has 0 spiro atoms. The molecule has 2 aliphatic rings. The molecule has 1 aromatic carbocycles. The van der Waals surface area contributed by atoms with Gasteiger partial charge < -0.3 is 10.1 Å². The van der Waals surface area contributed by atoms with Crippen LogP contribution in [0.3, 0.4) is 0 Å². The maximum Gasteiger partial charge on any atom is 0.257 e. The first-order valence-corrected chi connectivity index (χ1v) is 9.81. The van der Waals surface area contributed by atoms with E-state index in [1.165, 1.54) is 0 Å². The normalized spacial score (nSPS) is 17.7. The van der Waals surface area contributed by atoms with Gasteiger partial charge in [0.15, 0.2) is 5.16 Å². The Balaban J connectivity index is 1.43. The van der Waals surface area contributed by atoms with Crippen molar-refractivity contribution in [3.63, 3.8) is 0 Å². The highest BCUT2D eigenvalue weighted by atomic mass is 32.2. The largest absolute Gasteiger partial charge is 0.497 e. The number of nitrogens with one attached hydrogen (secondary N) is 1. The van der Waals surface area contributed by atoms with E-state index < -0.39 is 0 Å². The van der Waals surface area contributed by atoms with Crippen LogP contribution in [-0.2, 0) is 24.2 Å². The molecule has 1 unspecified atom stereocenters. The van der Waals surface area contributed by atoms with Gasteiger partial charge in [-0.15, -0.1) is 0 Å². The average Bonchev–Trinajstić information content (AvgIpc) is 3.28. The topological polar surface area (TPSA) is 73.2 Å². The summed E-state index contributed by atoms with van der Waals surface area (Å²) in [4.78, 5) is 29.8. The summed E-state index contributed by atoms with van der Waals surface area (Å²) in [5.74, 6) is 1.43. The van der Waals surface area contributed by atoms with Gasteiger partial charge in [-0.2, -0.15) is 0 Å². The van der Waals surface area contributed by atoms with Crippen LogP contribution in [0.15, 0.2) is 34.2 Å². The highest BCUT2D eigenvalue weighted by Crippen LogP contribution is 2.33. The molecule has 1 aliphatic carbocycles. The van der Waals surface area contributed by atoms with Gasteiger partial charge in [0.05, 0.1) is 18.8 Å². The van der Waals surface area contributed by atoms with Gasteiger partial charge in [-0.3, -0.25) is 14.2 Å². The van der Waals surface area contributed by atoms with Crippen molar-refractivity contribution >= 4 is 17.7 Å². The Bertz CT molecular complexity index is 909. The molecule has 4 rings (SSSR count). The van der Waals surface area contributed by atoms with Crippen molar-refractivity contribution in [3.05, 3.63) is 51.4 Å². The minimum atomic E-state index is -0.119. The minimum Gasteiger partial charge on any atom is -0.497 e. The second kappa shape index (κ2) is 7.15. The number of carbonyl (C=O) groups excluding carboxylic acids is 1. The summed E-state index contributed by atoms with van der Waals surface area (Å²) in [5.41, 5.74) is 2.84. The summed E-state index contributed by atoms with van der Waals surface area (Å²) in [5, 5.41) is 3.71. The summed E-state index contributed by atoms with van der Waals surface area (Å²) in [7, 11) is 1.62. The van der Waals surface area contributed by atoms with E-state index in [0.717, 1.165) is 52.7 Å². The fourth-order valence-corrected chi connectivity index (χ4v) is 4.73. The van der Waals surface area contributed by atoms with Crippen LogP contribution in [0.2, 0.25) is 0 Å². The van der Waals surface area contributed by atoms with Crippen LogP contribution in [0.25, 0.3) is 0 Å². The Labute approximate surface area is 156 Å². The van der Waals surface area contributed by atoms with E-state index in [9.17, 15) is 9.59 Å². The summed E-state index contributed by atoms with van der Waals surface area (Å²) in [6.45, 7) is 0.445. The van der Waals surface area contributed by atoms with Crippen molar-refractivity contribution in [3.8, 4) is 5.75 Å². The van der Waals surface area contributed by atoms with Crippen molar-refractivity contribution < 1.29 is 9.53 Å². The first kappa shape index (κ1) is 17.1. The standard InChI is InChI=1S/C19H21N3O3S/c1-25-14-5-2-4-12(8-14)10-20-17(23)9-13-11-26-19-21-16-7-3-6-15(16)18(24)22(13)19/h2,4-5,8,13H,3,6-7,9-11H2,1H3,(H,20,23). The SMILES string of the molecule is COc1cccc(CNC(=O)CC2CSc3nc4c(c(=O)n32)CCC4)c1. The number of rotatable bonds is 5. The van der Waals surface area contributed by atoms with E-state index in [4.69, 9.17) is 4.74 Å². The van der Waals surface area contributed by atoms with Crippen LogP contribution in [0.4, 0.5) is 0 Å². The van der Waals surface area contributed by atoms with E-state index in [1.54, 1.807) is 23.4 Å². The van der Waals surface area contributed by atoms with E-state index in [-0.39, 0.29) is 17.5 Å². The van der Waals surface area contributed by atoms with Gasteiger partial charge >= 0.3 is 0 Å². The number of methoxy groups -OCH3 is 1. The molecule has 136 valence electrons. The lowest BCUT2D eigenvalue weighted by Gasteiger charge is -2.14. The number of fused-ring (bicyclic) bond motifs is 2. The smallest absolute Gasteiger partial charge is 0.257 e. The molecule has 0 radical (unpaired) electrons. The molecule has 2 aromatic rings. The molecule has 0 saturated carbocycles. The molecular weight excluding hydrogens is 350 g/mol. The lowest BCUT2D eigenvalue weighted by molar-refractivity contribution is -0.121. The van der Waals surface area contributed by atoms with Gasteiger partial charge in [-0.05, 0) is 37.0 Å². The number of amides is 1. The number of nitrogens with zero attached hydrogens (tertiary/aromatic N) is 2. The fraction of sp³-hybridized carbons (Fsp3) is 0.421. The monoisotopic (exact) mass is 371 g/mol. The van der Waals surface area contributed by atoms with Crippen LogP contribution in [0.1, 0.15) is 35.7 Å². The second-order valence-electron chi connectivity index (χ2n) is 6.65. The Hall–Kier alpha value is -2.28. The number of hydrogen-bond donors (Lipinski definition) is 1. The van der Waals surface area contributed by atoms with Crippen LogP contribution >= 0.6 is 11.8 Å².